The average Bonchev–Trinajstić information content (AvgIpc) is 1.53. The molecule has 4 aliphatic heterocycles. The van der Waals surface area contributed by atoms with Gasteiger partial charge in [0.1, 0.15) is 0 Å². The minimum Gasteiger partial charge on any atom is -0.310 e. The number of anilines is 6. The fourth-order valence-electron chi connectivity index (χ4n) is 24.2. The topological polar surface area (TPSA) is 6.48 Å². The predicted octanol–water partition coefficient (Wildman–Crippen LogP) is 32.9. The molecule has 4 heterocycles. The van der Waals surface area contributed by atoms with Crippen LogP contribution in [-0.4, -0.2) is 0 Å². The van der Waals surface area contributed by atoms with Gasteiger partial charge >= 0.3 is 0 Å². The maximum atomic E-state index is 2.59. The van der Waals surface area contributed by atoms with E-state index in [2.05, 4.69) is 471 Å². The summed E-state index contributed by atoms with van der Waals surface area (Å²) in [5.41, 5.74) is 41.9. The van der Waals surface area contributed by atoms with Crippen LogP contribution in [0.4, 0.5) is 34.1 Å². The molecule has 0 aromatic heterocycles. The van der Waals surface area contributed by atoms with Crippen LogP contribution in [0.25, 0.3) is 77.9 Å². The number of nitrogens with zero attached hydrogens (tertiary/aromatic N) is 2. The third-order valence-corrected chi connectivity index (χ3v) is 33.9. The number of fused-ring (bicyclic) bond motifs is 36. The third kappa shape index (κ3) is 10.2. The second-order valence-electron chi connectivity index (χ2n) is 35.4. The van der Waals surface area contributed by atoms with Crippen LogP contribution in [0.1, 0.15) is 89.0 Å². The van der Waals surface area contributed by atoms with E-state index in [1.165, 1.54) is 184 Å². The SMILES string of the molecule is c1ccc(-c2ccc(N(c3ccc4c(c3)-c3ccccc3C43c4ccccc4Sc4ccccc43)c3ccc4c(c3)-c3cc(-c5ccc(N(c6ccc7c(c6)-c6ccccc6C76c7ccccc7Sc7ccccc76)c6ccc7c(c6)-c6ccccc6C76c7ccccc7Sc7ccccc76)c(-c6ccccc6)c5)ccc3C43c4ccccc4Sc4ccccc43)cc2)cc1. The Hall–Kier alpha value is -14.6. The number of hydrogen-bond acceptors (Lipinski definition) is 6. The van der Waals surface area contributed by atoms with Crippen molar-refractivity contribution >= 4 is 81.2 Å². The van der Waals surface area contributed by atoms with Crippen molar-refractivity contribution in [2.75, 3.05) is 9.80 Å². The Labute approximate surface area is 773 Å². The molecule has 20 aromatic rings. The van der Waals surface area contributed by atoms with Crippen molar-refractivity contribution in [2.45, 2.75) is 60.8 Å². The molecule has 0 amide bonds. The molecule has 0 saturated heterocycles. The Morgan fingerprint density at radius 3 is 0.677 bits per heavy atom. The standard InChI is InChI=1S/C124H76N2S4/c1-3-29-77(30-4-1)78-55-59-82(60-56-78)125(83-61-66-100-92(73-83)87-33-7-10-36-96(87)121(100)104-39-13-21-47-113(104)127-114-48-22-14-40-105(114)121)84-62-67-103-95(74-84)91-72-80(57-65-99(91)124(103)110-45-19-27-53-119(110)130-120-54-28-20-46-111(120)124)81-58-70-112(90(71-81)79-31-5-2-6-32-79)126(85-63-68-101-93(75-85)88-34-8-11-37-97(88)122(101)106-41-15-23-49-115(106)128-116-50-24-16-42-107(116)122)86-64-69-102-94(76-86)89-35-9-12-38-98(89)123(102)108-43-17-25-51-117(108)129-118-52-26-18-44-109(118)123/h1-76H. The van der Waals surface area contributed by atoms with Gasteiger partial charge in [-0.25, -0.2) is 0 Å². The van der Waals surface area contributed by atoms with E-state index in [0.717, 1.165) is 56.4 Å². The molecule has 4 aliphatic carbocycles. The summed E-state index contributed by atoms with van der Waals surface area (Å²) in [6, 6.07) is 177. The zero-order valence-corrected chi connectivity index (χ0v) is 73.7. The van der Waals surface area contributed by atoms with E-state index < -0.39 is 21.7 Å². The van der Waals surface area contributed by atoms with Crippen molar-refractivity contribution in [2.24, 2.45) is 0 Å². The summed E-state index contributed by atoms with van der Waals surface area (Å²) in [6.45, 7) is 0. The molecule has 0 unspecified atom stereocenters. The summed E-state index contributed by atoms with van der Waals surface area (Å²) in [5.74, 6) is 0. The summed E-state index contributed by atoms with van der Waals surface area (Å²) in [7, 11) is 0. The highest BCUT2D eigenvalue weighted by Crippen LogP contribution is 2.69. The quantitative estimate of drug-likeness (QED) is 0.141. The molecule has 606 valence electrons. The molecule has 0 saturated carbocycles. The molecule has 8 aliphatic rings. The van der Waals surface area contributed by atoms with Crippen molar-refractivity contribution in [3.8, 4) is 77.9 Å². The highest BCUT2D eigenvalue weighted by atomic mass is 32.2. The van der Waals surface area contributed by atoms with Crippen LogP contribution in [0.5, 0.6) is 0 Å². The number of rotatable bonds is 9. The molecule has 0 atom stereocenters. The van der Waals surface area contributed by atoms with Crippen LogP contribution in [-0.2, 0) is 21.7 Å². The van der Waals surface area contributed by atoms with E-state index in [0.29, 0.717) is 0 Å². The lowest BCUT2D eigenvalue weighted by atomic mass is 9.67. The van der Waals surface area contributed by atoms with Gasteiger partial charge in [0, 0.05) is 73.2 Å². The largest absolute Gasteiger partial charge is 0.310 e. The van der Waals surface area contributed by atoms with Crippen molar-refractivity contribution in [3.63, 3.8) is 0 Å². The fraction of sp³-hybridized carbons (Fsp3) is 0.0323. The molecule has 130 heavy (non-hydrogen) atoms. The molecule has 4 spiro atoms. The van der Waals surface area contributed by atoms with Gasteiger partial charge in [0.15, 0.2) is 0 Å². The maximum absolute atomic E-state index is 2.59. The molecule has 6 heteroatoms. The number of benzene rings is 20. The molecular weight excluding hydrogens is 1650 g/mol. The van der Waals surface area contributed by atoms with Crippen molar-refractivity contribution in [3.05, 3.63) is 550 Å². The second kappa shape index (κ2) is 28.4. The van der Waals surface area contributed by atoms with Crippen LogP contribution in [0.3, 0.4) is 0 Å². The smallest absolute Gasteiger partial charge is 0.0735 e. The van der Waals surface area contributed by atoms with E-state index >= 15 is 0 Å². The van der Waals surface area contributed by atoms with E-state index in [-0.39, 0.29) is 0 Å². The molecule has 28 rings (SSSR count). The Bertz CT molecular complexity index is 7850. The first-order valence-electron chi connectivity index (χ1n) is 44.9. The monoisotopic (exact) mass is 1720 g/mol. The highest BCUT2D eigenvalue weighted by Gasteiger charge is 2.56. The lowest BCUT2D eigenvalue weighted by Gasteiger charge is -2.40. The van der Waals surface area contributed by atoms with E-state index in [4.69, 9.17) is 0 Å². The lowest BCUT2D eigenvalue weighted by molar-refractivity contribution is 0.722. The van der Waals surface area contributed by atoms with Crippen molar-refractivity contribution in [1.29, 1.82) is 0 Å². The second-order valence-corrected chi connectivity index (χ2v) is 39.7. The van der Waals surface area contributed by atoms with Gasteiger partial charge in [-0.2, -0.15) is 0 Å². The summed E-state index contributed by atoms with van der Waals surface area (Å²) < 4.78 is 0. The summed E-state index contributed by atoms with van der Waals surface area (Å²) >= 11 is 7.56. The number of hydrogen-bond donors (Lipinski definition) is 0. The summed E-state index contributed by atoms with van der Waals surface area (Å²) in [4.78, 5) is 15.4. The van der Waals surface area contributed by atoms with Gasteiger partial charge in [-0.1, -0.05) is 381 Å². The molecule has 0 radical (unpaired) electrons. The van der Waals surface area contributed by atoms with E-state index in [1.54, 1.807) is 0 Å². The summed E-state index contributed by atoms with van der Waals surface area (Å²) in [6.07, 6.45) is 0. The van der Waals surface area contributed by atoms with Crippen molar-refractivity contribution in [1.82, 2.24) is 0 Å². The van der Waals surface area contributed by atoms with Gasteiger partial charge < -0.3 is 9.80 Å². The van der Waals surface area contributed by atoms with Crippen LogP contribution >= 0.6 is 47.0 Å². The van der Waals surface area contributed by atoms with Gasteiger partial charge in [0.25, 0.3) is 0 Å². The molecular formula is C124H76N2S4. The van der Waals surface area contributed by atoms with Gasteiger partial charge in [-0.3, -0.25) is 0 Å². The highest BCUT2D eigenvalue weighted by molar-refractivity contribution is 8.00. The first-order chi connectivity index (χ1) is 64.4. The van der Waals surface area contributed by atoms with Crippen LogP contribution < -0.4 is 9.80 Å². The first-order valence-corrected chi connectivity index (χ1v) is 48.2. The predicted molar refractivity (Wildman–Crippen MR) is 538 cm³/mol. The molecule has 20 aromatic carbocycles. The Balaban J connectivity index is 0.659. The lowest BCUT2D eigenvalue weighted by Crippen LogP contribution is -2.32. The maximum Gasteiger partial charge on any atom is 0.0735 e. The minimum atomic E-state index is -0.657. The average molecular weight is 1720 g/mol. The van der Waals surface area contributed by atoms with Gasteiger partial charge in [0.2, 0.25) is 0 Å². The zero-order valence-electron chi connectivity index (χ0n) is 70.4. The molecule has 0 N–H and O–H groups in total. The first kappa shape index (κ1) is 74.5. The summed E-state index contributed by atoms with van der Waals surface area (Å²) in [5, 5.41) is 0. The Morgan fingerprint density at radius 1 is 0.131 bits per heavy atom. The third-order valence-electron chi connectivity index (χ3n) is 29.3. The van der Waals surface area contributed by atoms with Crippen LogP contribution in [0.15, 0.2) is 500 Å². The van der Waals surface area contributed by atoms with E-state index in [1.807, 2.05) is 47.0 Å². The fourth-order valence-corrected chi connectivity index (χ4v) is 29.0. The minimum absolute atomic E-state index is 0.521. The zero-order chi connectivity index (χ0) is 85.1. The van der Waals surface area contributed by atoms with Gasteiger partial charge in [0.05, 0.1) is 27.3 Å². The molecule has 0 fully saturated rings. The van der Waals surface area contributed by atoms with Gasteiger partial charge in [-0.05, 0) is 289 Å². The molecule has 0 bridgehead atoms. The normalized spacial score (nSPS) is 14.7. The molecule has 2 nitrogen and oxygen atoms in total. The van der Waals surface area contributed by atoms with Crippen LogP contribution in [0.2, 0.25) is 0 Å². The van der Waals surface area contributed by atoms with E-state index in [9.17, 15) is 0 Å². The Kier molecular flexibility index (Phi) is 16.3. The van der Waals surface area contributed by atoms with Crippen LogP contribution in [0, 0.1) is 0 Å². The Morgan fingerprint density at radius 2 is 0.346 bits per heavy atom. The van der Waals surface area contributed by atoms with Crippen molar-refractivity contribution < 1.29 is 0 Å². The van der Waals surface area contributed by atoms with Gasteiger partial charge in [-0.15, -0.1) is 0 Å².